The van der Waals surface area contributed by atoms with Crippen molar-refractivity contribution in [2.45, 2.75) is 31.8 Å². The van der Waals surface area contributed by atoms with Crippen LogP contribution in [0.4, 0.5) is 11.4 Å². The first kappa shape index (κ1) is 12.3. The summed E-state index contributed by atoms with van der Waals surface area (Å²) in [6.45, 7) is 1.51. The molecule has 0 atom stereocenters. The molecular weight excluding hydrogens is 240 g/mol. The average Bonchev–Trinajstić information content (AvgIpc) is 3.05. The van der Waals surface area contributed by atoms with Gasteiger partial charge in [-0.25, -0.2) is 0 Å². The maximum atomic E-state index is 6.01. The Hall–Kier alpha value is -1.75. The Labute approximate surface area is 112 Å². The van der Waals surface area contributed by atoms with Gasteiger partial charge < -0.3 is 15.8 Å². The average molecular weight is 260 g/mol. The second-order valence-electron chi connectivity index (χ2n) is 5.10. The first-order valence-corrected chi connectivity index (χ1v) is 6.91. The van der Waals surface area contributed by atoms with E-state index in [0.717, 1.165) is 35.4 Å². The van der Waals surface area contributed by atoms with E-state index in [9.17, 15) is 0 Å². The number of nitrogens with two attached hydrogens (primary N) is 1. The Bertz CT molecular complexity index is 545. The largest absolute Gasteiger partial charge is 0.397 e. The van der Waals surface area contributed by atoms with Crippen LogP contribution in [0, 0.1) is 0 Å². The Kier molecular flexibility index (Phi) is 3.55. The molecule has 1 heterocycles. The number of hydrogen-bond acceptors (Lipinski definition) is 4. The number of fused-ring (bicyclic) bond motifs is 1. The van der Waals surface area contributed by atoms with Gasteiger partial charge in [-0.3, -0.25) is 5.10 Å². The zero-order valence-corrected chi connectivity index (χ0v) is 11.0. The molecule has 1 fully saturated rings. The predicted octanol–water partition coefficient (Wildman–Crippen LogP) is 2.52. The highest BCUT2D eigenvalue weighted by atomic mass is 16.5. The second-order valence-corrected chi connectivity index (χ2v) is 5.10. The fourth-order valence-corrected chi connectivity index (χ4v) is 2.63. The first-order valence-electron chi connectivity index (χ1n) is 6.91. The lowest BCUT2D eigenvalue weighted by molar-refractivity contribution is 0.0659. The molecule has 0 unspecified atom stereocenters. The van der Waals surface area contributed by atoms with Crippen LogP contribution >= 0.6 is 0 Å². The van der Waals surface area contributed by atoms with Crippen molar-refractivity contribution in [3.05, 3.63) is 18.3 Å². The predicted molar refractivity (Wildman–Crippen MR) is 77.2 cm³/mol. The Morgan fingerprint density at radius 3 is 3.05 bits per heavy atom. The van der Waals surface area contributed by atoms with E-state index < -0.39 is 0 Å². The summed E-state index contributed by atoms with van der Waals surface area (Å²) >= 11 is 0. The Morgan fingerprint density at radius 2 is 2.21 bits per heavy atom. The minimum absolute atomic E-state index is 0.467. The fourth-order valence-electron chi connectivity index (χ4n) is 2.63. The summed E-state index contributed by atoms with van der Waals surface area (Å²) in [5.41, 5.74) is 8.68. The number of benzene rings is 1. The van der Waals surface area contributed by atoms with E-state index in [4.69, 9.17) is 10.5 Å². The summed E-state index contributed by atoms with van der Waals surface area (Å²) in [4.78, 5) is 0. The van der Waals surface area contributed by atoms with E-state index in [1.807, 2.05) is 12.1 Å². The van der Waals surface area contributed by atoms with Gasteiger partial charge >= 0.3 is 0 Å². The van der Waals surface area contributed by atoms with Gasteiger partial charge in [0.05, 0.1) is 35.8 Å². The summed E-state index contributed by atoms with van der Waals surface area (Å²) < 4.78 is 5.81. The van der Waals surface area contributed by atoms with Gasteiger partial charge in [-0.05, 0) is 25.0 Å². The molecule has 102 valence electrons. The summed E-state index contributed by atoms with van der Waals surface area (Å²) in [7, 11) is 0. The van der Waals surface area contributed by atoms with Crippen LogP contribution in [0.5, 0.6) is 0 Å². The van der Waals surface area contributed by atoms with Gasteiger partial charge in [-0.2, -0.15) is 5.10 Å². The maximum absolute atomic E-state index is 6.01. The highest BCUT2D eigenvalue weighted by Crippen LogP contribution is 2.24. The molecule has 5 heteroatoms. The molecule has 1 aliphatic carbocycles. The third kappa shape index (κ3) is 2.81. The second kappa shape index (κ2) is 5.48. The van der Waals surface area contributed by atoms with Crippen LogP contribution < -0.4 is 11.1 Å². The third-order valence-corrected chi connectivity index (χ3v) is 3.68. The quantitative estimate of drug-likeness (QED) is 0.570. The van der Waals surface area contributed by atoms with Crippen molar-refractivity contribution in [2.75, 3.05) is 24.2 Å². The van der Waals surface area contributed by atoms with Gasteiger partial charge in [0.2, 0.25) is 0 Å². The number of nitrogen functional groups attached to an aromatic ring is 1. The molecule has 1 aliphatic rings. The molecule has 1 aromatic carbocycles. The van der Waals surface area contributed by atoms with Gasteiger partial charge in [0.15, 0.2) is 0 Å². The number of rotatable bonds is 5. The molecule has 0 amide bonds. The fraction of sp³-hybridized carbons (Fsp3) is 0.500. The smallest absolute Gasteiger partial charge is 0.0672 e. The van der Waals surface area contributed by atoms with Crippen molar-refractivity contribution in [3.63, 3.8) is 0 Å². The van der Waals surface area contributed by atoms with Crippen LogP contribution in [-0.2, 0) is 4.74 Å². The monoisotopic (exact) mass is 260 g/mol. The zero-order valence-electron chi connectivity index (χ0n) is 11.0. The van der Waals surface area contributed by atoms with Crippen molar-refractivity contribution in [1.29, 1.82) is 0 Å². The minimum Gasteiger partial charge on any atom is -0.397 e. The molecule has 1 saturated carbocycles. The molecule has 4 N–H and O–H groups in total. The summed E-state index contributed by atoms with van der Waals surface area (Å²) in [5.74, 6) is 0. The van der Waals surface area contributed by atoms with Crippen molar-refractivity contribution in [2.24, 2.45) is 0 Å². The van der Waals surface area contributed by atoms with E-state index >= 15 is 0 Å². The van der Waals surface area contributed by atoms with E-state index in [1.165, 1.54) is 25.7 Å². The van der Waals surface area contributed by atoms with Crippen LogP contribution in [0.25, 0.3) is 10.9 Å². The van der Waals surface area contributed by atoms with Crippen LogP contribution in [0.15, 0.2) is 18.3 Å². The molecule has 0 spiro atoms. The topological polar surface area (TPSA) is 76.0 Å². The van der Waals surface area contributed by atoms with Crippen LogP contribution in [-0.4, -0.2) is 29.5 Å². The number of nitrogens with one attached hydrogen (secondary N) is 2. The molecule has 0 radical (unpaired) electrons. The standard InChI is InChI=1S/C14H20N4O/c15-12-7-10-9-17-18-13(10)8-14(12)16-5-6-19-11-3-1-2-4-11/h7-9,11,16H,1-6,15H2,(H,17,18). The molecule has 0 aliphatic heterocycles. The maximum Gasteiger partial charge on any atom is 0.0672 e. The van der Waals surface area contributed by atoms with Crippen molar-refractivity contribution < 1.29 is 4.74 Å². The SMILES string of the molecule is Nc1cc2cn[nH]c2cc1NCCOC1CCCC1. The van der Waals surface area contributed by atoms with E-state index in [0.29, 0.717) is 6.10 Å². The highest BCUT2D eigenvalue weighted by Gasteiger charge is 2.14. The number of hydrogen-bond donors (Lipinski definition) is 3. The number of nitrogens with zero attached hydrogens (tertiary/aromatic N) is 1. The highest BCUT2D eigenvalue weighted by molar-refractivity contribution is 5.88. The third-order valence-electron chi connectivity index (χ3n) is 3.68. The molecule has 0 saturated heterocycles. The lowest BCUT2D eigenvalue weighted by Gasteiger charge is -2.13. The number of H-pyrrole nitrogens is 1. The zero-order chi connectivity index (χ0) is 13.1. The van der Waals surface area contributed by atoms with Crippen molar-refractivity contribution in [1.82, 2.24) is 10.2 Å². The molecule has 3 rings (SSSR count). The van der Waals surface area contributed by atoms with Gasteiger partial charge in [0.1, 0.15) is 0 Å². The van der Waals surface area contributed by atoms with Crippen molar-refractivity contribution >= 4 is 22.3 Å². The molecule has 2 aromatic rings. The number of anilines is 2. The normalized spacial score (nSPS) is 16.2. The van der Waals surface area contributed by atoms with E-state index in [1.54, 1.807) is 6.20 Å². The number of aromatic amines is 1. The first-order chi connectivity index (χ1) is 9.33. The van der Waals surface area contributed by atoms with E-state index in [2.05, 4.69) is 15.5 Å². The number of aromatic nitrogens is 2. The molecule has 0 bridgehead atoms. The van der Waals surface area contributed by atoms with Gasteiger partial charge in [-0.15, -0.1) is 0 Å². The lowest BCUT2D eigenvalue weighted by Crippen LogP contribution is -2.15. The summed E-state index contributed by atoms with van der Waals surface area (Å²) in [5, 5.41) is 11.3. The van der Waals surface area contributed by atoms with Gasteiger partial charge in [0, 0.05) is 11.9 Å². The van der Waals surface area contributed by atoms with Crippen molar-refractivity contribution in [3.8, 4) is 0 Å². The van der Waals surface area contributed by atoms with Crippen LogP contribution in [0.1, 0.15) is 25.7 Å². The minimum atomic E-state index is 0.467. The van der Waals surface area contributed by atoms with Crippen LogP contribution in [0.3, 0.4) is 0 Å². The lowest BCUT2D eigenvalue weighted by atomic mass is 10.2. The molecule has 5 nitrogen and oxygen atoms in total. The van der Waals surface area contributed by atoms with Crippen LogP contribution in [0.2, 0.25) is 0 Å². The number of ether oxygens (including phenoxy) is 1. The molecule has 19 heavy (non-hydrogen) atoms. The van der Waals surface area contributed by atoms with Gasteiger partial charge in [-0.1, -0.05) is 12.8 Å². The van der Waals surface area contributed by atoms with Gasteiger partial charge in [0.25, 0.3) is 0 Å². The van der Waals surface area contributed by atoms with E-state index in [-0.39, 0.29) is 0 Å². The summed E-state index contributed by atoms with van der Waals surface area (Å²) in [6.07, 6.45) is 7.28. The molecular formula is C14H20N4O. The Morgan fingerprint density at radius 1 is 1.37 bits per heavy atom. The molecule has 1 aromatic heterocycles. The summed E-state index contributed by atoms with van der Waals surface area (Å²) in [6, 6.07) is 3.92. The Balaban J connectivity index is 1.54.